The van der Waals surface area contributed by atoms with E-state index in [0.717, 1.165) is 5.56 Å². The summed E-state index contributed by atoms with van der Waals surface area (Å²) < 4.78 is 9.97. The molecule has 0 unspecified atom stereocenters. The van der Waals surface area contributed by atoms with Gasteiger partial charge in [-0.15, -0.1) is 0 Å². The van der Waals surface area contributed by atoms with Crippen LogP contribution >= 0.6 is 0 Å². The first-order valence-electron chi connectivity index (χ1n) is 8.68. The fourth-order valence-corrected chi connectivity index (χ4v) is 2.27. The number of ether oxygens (including phenoxy) is 2. The average Bonchev–Trinajstić information content (AvgIpc) is 2.60. The lowest BCUT2D eigenvalue weighted by Gasteiger charge is -2.20. The molecule has 7 nitrogen and oxygen atoms in total. The maximum Gasteiger partial charge on any atom is 0.315 e. The van der Waals surface area contributed by atoms with Crippen molar-refractivity contribution >= 4 is 17.8 Å². The minimum atomic E-state index is -0.693. The van der Waals surface area contributed by atoms with Crippen LogP contribution in [0.1, 0.15) is 32.3 Å². The lowest BCUT2D eigenvalue weighted by atomic mass is 10.0. The molecule has 1 aromatic rings. The Morgan fingerprint density at radius 1 is 1.12 bits per heavy atom. The summed E-state index contributed by atoms with van der Waals surface area (Å²) in [5.74, 6) is -1.25. The Kier molecular flexibility index (Phi) is 10.0. The Balaban J connectivity index is 2.46. The van der Waals surface area contributed by atoms with Crippen molar-refractivity contribution in [3.05, 3.63) is 35.9 Å². The standard InChI is InChI=1S/C19H28N2O5/c1-14(2)11-16(19(24)20-9-10-25-3)21-17(22)12-18(23)26-13-15-7-5-4-6-8-15/h4-8,14,16H,9-13H2,1-3H3,(H,20,24)(H,21,22)/t16-/m0/s1. The van der Waals surface area contributed by atoms with Crippen molar-refractivity contribution in [3.8, 4) is 0 Å². The number of hydrogen-bond acceptors (Lipinski definition) is 5. The summed E-state index contributed by atoms with van der Waals surface area (Å²) in [5.41, 5.74) is 0.844. The van der Waals surface area contributed by atoms with Gasteiger partial charge in [-0.3, -0.25) is 14.4 Å². The monoisotopic (exact) mass is 364 g/mol. The molecule has 0 fully saturated rings. The third-order valence-electron chi connectivity index (χ3n) is 3.51. The predicted octanol–water partition coefficient (Wildman–Crippen LogP) is 1.41. The topological polar surface area (TPSA) is 93.7 Å². The van der Waals surface area contributed by atoms with Gasteiger partial charge >= 0.3 is 5.97 Å². The lowest BCUT2D eigenvalue weighted by molar-refractivity contribution is -0.148. The van der Waals surface area contributed by atoms with Crippen molar-refractivity contribution in [1.29, 1.82) is 0 Å². The maximum atomic E-state index is 12.2. The first-order valence-corrected chi connectivity index (χ1v) is 8.68. The minimum Gasteiger partial charge on any atom is -0.460 e. The number of benzene rings is 1. The Morgan fingerprint density at radius 3 is 2.42 bits per heavy atom. The Hall–Kier alpha value is -2.41. The van der Waals surface area contributed by atoms with Gasteiger partial charge in [0, 0.05) is 13.7 Å². The summed E-state index contributed by atoms with van der Waals surface area (Å²) in [7, 11) is 1.54. The fraction of sp³-hybridized carbons (Fsp3) is 0.526. The number of nitrogens with one attached hydrogen (secondary N) is 2. The second-order valence-corrected chi connectivity index (χ2v) is 6.36. The molecule has 7 heteroatoms. The van der Waals surface area contributed by atoms with Crippen LogP contribution in [0.3, 0.4) is 0 Å². The summed E-state index contributed by atoms with van der Waals surface area (Å²) >= 11 is 0. The third-order valence-corrected chi connectivity index (χ3v) is 3.51. The number of methoxy groups -OCH3 is 1. The van der Waals surface area contributed by atoms with Crippen molar-refractivity contribution in [2.45, 2.75) is 39.3 Å². The Bertz CT molecular complexity index is 575. The highest BCUT2D eigenvalue weighted by atomic mass is 16.5. The average molecular weight is 364 g/mol. The van der Waals surface area contributed by atoms with Crippen molar-refractivity contribution in [1.82, 2.24) is 10.6 Å². The van der Waals surface area contributed by atoms with E-state index >= 15 is 0 Å². The van der Waals surface area contributed by atoms with E-state index in [1.165, 1.54) is 0 Å². The van der Waals surface area contributed by atoms with Gasteiger partial charge in [0.25, 0.3) is 0 Å². The van der Waals surface area contributed by atoms with E-state index in [0.29, 0.717) is 19.6 Å². The van der Waals surface area contributed by atoms with E-state index in [1.54, 1.807) is 7.11 Å². The van der Waals surface area contributed by atoms with Crippen LogP contribution in [0.2, 0.25) is 0 Å². The number of esters is 1. The predicted molar refractivity (Wildman–Crippen MR) is 97.1 cm³/mol. The molecular weight excluding hydrogens is 336 g/mol. The van der Waals surface area contributed by atoms with Gasteiger partial charge in [-0.2, -0.15) is 0 Å². The van der Waals surface area contributed by atoms with Crippen molar-refractivity contribution < 1.29 is 23.9 Å². The largest absolute Gasteiger partial charge is 0.460 e. The number of amides is 2. The number of carbonyl (C=O) groups is 3. The Morgan fingerprint density at radius 2 is 1.81 bits per heavy atom. The zero-order valence-electron chi connectivity index (χ0n) is 15.6. The first-order chi connectivity index (χ1) is 12.4. The SMILES string of the molecule is COCCNC(=O)[C@H](CC(C)C)NC(=O)CC(=O)OCc1ccccc1. The number of carbonyl (C=O) groups excluding carboxylic acids is 3. The smallest absolute Gasteiger partial charge is 0.315 e. The third kappa shape index (κ3) is 9.17. The summed E-state index contributed by atoms with van der Waals surface area (Å²) in [4.78, 5) is 36.1. The second-order valence-electron chi connectivity index (χ2n) is 6.36. The van der Waals surface area contributed by atoms with E-state index in [9.17, 15) is 14.4 Å². The highest BCUT2D eigenvalue weighted by Crippen LogP contribution is 2.06. The molecule has 0 aliphatic carbocycles. The molecule has 1 rings (SSSR count). The van der Waals surface area contributed by atoms with Gasteiger partial charge in [0.1, 0.15) is 19.1 Å². The molecule has 144 valence electrons. The zero-order valence-corrected chi connectivity index (χ0v) is 15.6. The van der Waals surface area contributed by atoms with Crippen LogP contribution in [0.5, 0.6) is 0 Å². The molecule has 0 saturated carbocycles. The van der Waals surface area contributed by atoms with Gasteiger partial charge < -0.3 is 20.1 Å². The molecule has 2 N–H and O–H groups in total. The van der Waals surface area contributed by atoms with Crippen LogP contribution in [0.25, 0.3) is 0 Å². The first kappa shape index (κ1) is 21.6. The highest BCUT2D eigenvalue weighted by molar-refractivity contribution is 5.96. The van der Waals surface area contributed by atoms with Gasteiger partial charge in [0.15, 0.2) is 0 Å². The summed E-state index contributed by atoms with van der Waals surface area (Å²) in [5, 5.41) is 5.31. The normalized spacial score (nSPS) is 11.7. The van der Waals surface area contributed by atoms with Crippen molar-refractivity contribution in [2.24, 2.45) is 5.92 Å². The van der Waals surface area contributed by atoms with E-state index in [4.69, 9.17) is 9.47 Å². The van der Waals surface area contributed by atoms with Crippen LogP contribution in [0.15, 0.2) is 30.3 Å². The quantitative estimate of drug-likeness (QED) is 0.352. The molecule has 0 radical (unpaired) electrons. The molecular formula is C19H28N2O5. The summed E-state index contributed by atoms with van der Waals surface area (Å²) in [6, 6.07) is 8.52. The summed E-state index contributed by atoms with van der Waals surface area (Å²) in [6.45, 7) is 4.77. The van der Waals surface area contributed by atoms with Crippen LogP contribution in [-0.2, 0) is 30.5 Å². The lowest BCUT2D eigenvalue weighted by Crippen LogP contribution is -2.48. The second kappa shape index (κ2) is 12.0. The molecule has 0 aliphatic rings. The summed E-state index contributed by atoms with van der Waals surface area (Å²) in [6.07, 6.45) is 0.0520. The number of hydrogen-bond donors (Lipinski definition) is 2. The Labute approximate surface area is 154 Å². The van der Waals surface area contributed by atoms with E-state index in [-0.39, 0.29) is 18.4 Å². The fourth-order valence-electron chi connectivity index (χ4n) is 2.27. The van der Waals surface area contributed by atoms with Gasteiger partial charge in [0.05, 0.1) is 6.61 Å². The van der Waals surface area contributed by atoms with E-state index < -0.39 is 24.3 Å². The van der Waals surface area contributed by atoms with Gasteiger partial charge in [-0.25, -0.2) is 0 Å². The molecule has 0 bridgehead atoms. The molecule has 1 aromatic carbocycles. The molecule has 1 atom stereocenters. The molecule has 2 amide bonds. The van der Waals surface area contributed by atoms with Crippen LogP contribution in [0.4, 0.5) is 0 Å². The van der Waals surface area contributed by atoms with E-state index in [1.807, 2.05) is 44.2 Å². The van der Waals surface area contributed by atoms with Crippen LogP contribution < -0.4 is 10.6 Å². The highest BCUT2D eigenvalue weighted by Gasteiger charge is 2.23. The number of rotatable bonds is 11. The van der Waals surface area contributed by atoms with Crippen molar-refractivity contribution in [2.75, 3.05) is 20.3 Å². The molecule has 0 heterocycles. The molecule has 0 aliphatic heterocycles. The van der Waals surface area contributed by atoms with Crippen LogP contribution in [-0.4, -0.2) is 44.1 Å². The molecule has 0 saturated heterocycles. The van der Waals surface area contributed by atoms with Gasteiger partial charge in [0.2, 0.25) is 11.8 Å². The van der Waals surface area contributed by atoms with Gasteiger partial charge in [-0.1, -0.05) is 44.2 Å². The van der Waals surface area contributed by atoms with Gasteiger partial charge in [-0.05, 0) is 17.9 Å². The molecule has 26 heavy (non-hydrogen) atoms. The minimum absolute atomic E-state index is 0.111. The van der Waals surface area contributed by atoms with Crippen LogP contribution in [0, 0.1) is 5.92 Å². The zero-order chi connectivity index (χ0) is 19.4. The maximum absolute atomic E-state index is 12.2. The molecule has 0 aromatic heterocycles. The van der Waals surface area contributed by atoms with E-state index in [2.05, 4.69) is 10.6 Å². The van der Waals surface area contributed by atoms with Crippen molar-refractivity contribution in [3.63, 3.8) is 0 Å². The molecule has 0 spiro atoms.